The molecule has 0 radical (unpaired) electrons. The molecule has 9 nitrogen and oxygen atoms in total. The predicted molar refractivity (Wildman–Crippen MR) is 459 cm³/mol. The van der Waals surface area contributed by atoms with E-state index < -0.39 is 0 Å². The fourth-order valence-corrected chi connectivity index (χ4v) is 15.5. The monoisotopic (exact) mass is 1600 g/mol. The van der Waals surface area contributed by atoms with E-state index in [1.165, 1.54) is 66.8 Å². The molecule has 0 saturated carbocycles. The number of phenolic OH excluding ortho intramolecular Hbond substituents is 3. The molecule has 3 aliphatic heterocycles. The number of halogens is 4. The number of phenols is 3. The Hall–Kier alpha value is -7.82. The van der Waals surface area contributed by atoms with Gasteiger partial charge in [0, 0.05) is 74.5 Å². The topological polar surface area (TPSA) is 107 Å². The number of hydrogen-bond acceptors (Lipinski definition) is 9. The van der Waals surface area contributed by atoms with Crippen molar-refractivity contribution in [2.75, 3.05) is 76.8 Å². The van der Waals surface area contributed by atoms with Gasteiger partial charge in [0.2, 0.25) is 0 Å². The molecule has 109 heavy (non-hydrogen) atoms. The maximum absolute atomic E-state index is 12.3. The van der Waals surface area contributed by atoms with E-state index in [0.29, 0.717) is 60.4 Å². The van der Waals surface area contributed by atoms with E-state index in [9.17, 15) is 28.5 Å². The quantitative estimate of drug-likeness (QED) is 0.0438. The second-order valence-electron chi connectivity index (χ2n) is 26.7. The second kappa shape index (κ2) is 50.1. The summed E-state index contributed by atoms with van der Waals surface area (Å²) in [5, 5.41) is 33.2. The van der Waals surface area contributed by atoms with Crippen molar-refractivity contribution in [2.24, 2.45) is 0 Å². The van der Waals surface area contributed by atoms with E-state index in [4.69, 9.17) is 14.2 Å². The van der Waals surface area contributed by atoms with E-state index in [-0.39, 0.29) is 50.0 Å². The Morgan fingerprint density at radius 2 is 0.624 bits per heavy atom. The maximum atomic E-state index is 12.3. The highest BCUT2D eigenvalue weighted by atomic mass is 127. The Bertz CT molecular complexity index is 3710. The summed E-state index contributed by atoms with van der Waals surface area (Å²) in [4.78, 5) is 4.47. The molecule has 15 rings (SSSR count). The van der Waals surface area contributed by atoms with Gasteiger partial charge in [-0.2, -0.15) is 0 Å². The number of aryl methyl sites for hydroxylation is 3. The van der Waals surface area contributed by atoms with Crippen LogP contribution in [-0.4, -0.2) is 120 Å². The third-order valence-electron chi connectivity index (χ3n) is 20.1. The zero-order valence-electron chi connectivity index (χ0n) is 67.3. The summed E-state index contributed by atoms with van der Waals surface area (Å²) in [6.07, 6.45) is 8.72. The number of alkyl halides is 4. The second-order valence-corrected chi connectivity index (χ2v) is 27.7. The lowest BCUT2D eigenvalue weighted by Crippen LogP contribution is -2.53. The van der Waals surface area contributed by atoms with E-state index in [2.05, 4.69) is 220 Å². The Balaban J connectivity index is 0.000000232. The highest BCUT2D eigenvalue weighted by molar-refractivity contribution is 14.1. The van der Waals surface area contributed by atoms with Crippen LogP contribution < -0.4 is 19.5 Å². The lowest BCUT2D eigenvalue weighted by atomic mass is 9.69. The van der Waals surface area contributed by atoms with Crippen LogP contribution in [0.3, 0.4) is 0 Å². The summed E-state index contributed by atoms with van der Waals surface area (Å²) >= 11 is 2.15. The van der Waals surface area contributed by atoms with Gasteiger partial charge in [0.1, 0.15) is 52.8 Å². The third-order valence-corrected chi connectivity index (χ3v) is 20.9. The first-order valence-corrected chi connectivity index (χ1v) is 42.4. The SMILES string of the molecule is CC.CC.CC.CC.CC.CC.FCCCI.Oc1ccc2c(c1)CC[C@@H](c1ccccc1)[C@H]2c1ccc(OC2CNC2)cc1.Oc1ccc2c(c1)CC[C@H](c1ccccc1)[C@@H]2c1ccc(OC2CN(CCCF)C2)cc1.Oc1ccc2c(c1)CC[C@H](c1ccccc1)[C@@H]2c1ccc(OC2CN(CCCF)C2)cc1. The first-order valence-electron chi connectivity index (χ1n) is 40.9. The molecule has 590 valence electrons. The number of aromatic hydroxyl groups is 3. The van der Waals surface area contributed by atoms with Crippen LogP contribution in [0.1, 0.15) is 224 Å². The minimum atomic E-state index is -0.253. The summed E-state index contributed by atoms with van der Waals surface area (Å²) in [6.45, 7) is 30.3. The average Bonchev–Trinajstić information content (AvgIpc) is 0.780. The Kier molecular flexibility index (Phi) is 41.4. The van der Waals surface area contributed by atoms with Crippen molar-refractivity contribution in [3.05, 3.63) is 285 Å². The van der Waals surface area contributed by atoms with Crippen LogP contribution in [-0.2, 0) is 19.3 Å². The Labute approximate surface area is 667 Å². The normalized spacial score (nSPS) is 18.6. The number of ether oxygens (including phenoxy) is 3. The summed E-state index contributed by atoms with van der Waals surface area (Å²) in [5.74, 6) is 5.76. The van der Waals surface area contributed by atoms with Gasteiger partial charge in [-0.3, -0.25) is 23.0 Å². The fraction of sp³-hybridized carbons (Fsp3) is 0.438. The lowest BCUT2D eigenvalue weighted by molar-refractivity contribution is 0.0184. The Morgan fingerprint density at radius 3 is 0.862 bits per heavy atom. The minimum Gasteiger partial charge on any atom is -0.508 e. The molecule has 0 unspecified atom stereocenters. The molecule has 3 fully saturated rings. The van der Waals surface area contributed by atoms with Gasteiger partial charge in [0.05, 0.1) is 20.0 Å². The van der Waals surface area contributed by atoms with E-state index >= 15 is 0 Å². The summed E-state index contributed by atoms with van der Waals surface area (Å²) in [7, 11) is 0. The molecule has 0 aromatic heterocycles. The molecular formula is C96H127F3IN3O6. The predicted octanol–water partition coefficient (Wildman–Crippen LogP) is 23.9. The van der Waals surface area contributed by atoms with E-state index in [1.54, 1.807) is 0 Å². The number of rotatable bonds is 20. The number of benzene rings is 9. The van der Waals surface area contributed by atoms with Crippen LogP contribution in [0.4, 0.5) is 13.2 Å². The first kappa shape index (κ1) is 90.1. The maximum Gasteiger partial charge on any atom is 0.124 e. The zero-order chi connectivity index (χ0) is 78.9. The zero-order valence-corrected chi connectivity index (χ0v) is 69.5. The third kappa shape index (κ3) is 26.1. The van der Waals surface area contributed by atoms with Gasteiger partial charge in [-0.25, -0.2) is 0 Å². The van der Waals surface area contributed by atoms with Crippen LogP contribution in [0.15, 0.2) is 218 Å². The average molecular weight is 1600 g/mol. The molecule has 6 atom stereocenters. The number of likely N-dealkylation sites (tertiary alicyclic amines) is 2. The highest BCUT2D eigenvalue weighted by Gasteiger charge is 2.36. The van der Waals surface area contributed by atoms with Gasteiger partial charge in [0.15, 0.2) is 0 Å². The molecule has 0 bridgehead atoms. The molecular weight excluding hydrogens is 1470 g/mol. The number of fused-ring (bicyclic) bond motifs is 3. The smallest absolute Gasteiger partial charge is 0.124 e. The van der Waals surface area contributed by atoms with Crippen LogP contribution in [0.5, 0.6) is 34.5 Å². The standard InChI is InChI=1S/2C28H30FNO2.C25H25NO2.C3H6FI.6C2H6/c2*29-15-4-16-30-18-25(19-30)32-24-11-7-21(8-12-24)28-26(20-5-2-1-3-6-20)13-9-22-17-23(31)10-14-27(22)28;27-20-9-13-24-19(14-20)8-12-23(17-4-2-1-3-5-17)25(24)18-6-10-21(11-7-18)28-22-15-26-16-22;4-2-1-3-5;6*1-2/h2*1-3,5-8,10-12,14,17,25-26,28,31H,4,9,13,15-16,18-19H2;1-7,9-11,13-14,22-23,25-27H,8,12,15-16H2;1-3H2;6*1-2H3/t2*26-,28+;23-,25+;;;;;;;/m110......./s1. The van der Waals surface area contributed by atoms with Crippen molar-refractivity contribution in [2.45, 2.75) is 195 Å². The minimum absolute atomic E-state index is 0.164. The van der Waals surface area contributed by atoms with Crippen molar-refractivity contribution in [1.82, 2.24) is 15.1 Å². The van der Waals surface area contributed by atoms with Gasteiger partial charge < -0.3 is 34.8 Å². The van der Waals surface area contributed by atoms with Crippen molar-refractivity contribution in [1.29, 1.82) is 0 Å². The lowest BCUT2D eigenvalue weighted by Gasteiger charge is -2.39. The highest BCUT2D eigenvalue weighted by Crippen LogP contribution is 2.50. The van der Waals surface area contributed by atoms with Crippen molar-refractivity contribution >= 4 is 22.6 Å². The molecule has 13 heteroatoms. The van der Waals surface area contributed by atoms with Crippen LogP contribution in [0.25, 0.3) is 0 Å². The van der Waals surface area contributed by atoms with Gasteiger partial charge >= 0.3 is 0 Å². The summed E-state index contributed by atoms with van der Waals surface area (Å²) < 4.78 is 54.8. The largest absolute Gasteiger partial charge is 0.508 e. The molecule has 6 aliphatic rings. The van der Waals surface area contributed by atoms with Crippen LogP contribution in [0, 0.1) is 0 Å². The van der Waals surface area contributed by atoms with Crippen LogP contribution in [0.2, 0.25) is 0 Å². The van der Waals surface area contributed by atoms with Crippen molar-refractivity contribution in [3.8, 4) is 34.5 Å². The Morgan fingerprint density at radius 1 is 0.349 bits per heavy atom. The molecule has 9 aromatic carbocycles. The summed E-state index contributed by atoms with van der Waals surface area (Å²) in [6, 6.07) is 75.5. The number of nitrogens with one attached hydrogen (secondary N) is 1. The number of hydrogen-bond donors (Lipinski definition) is 4. The summed E-state index contributed by atoms with van der Waals surface area (Å²) in [5.41, 5.74) is 15.6. The van der Waals surface area contributed by atoms with Crippen molar-refractivity contribution in [3.63, 3.8) is 0 Å². The molecule has 3 heterocycles. The molecule has 3 saturated heterocycles. The van der Waals surface area contributed by atoms with Gasteiger partial charge in [-0.1, -0.05) is 251 Å². The molecule has 0 spiro atoms. The van der Waals surface area contributed by atoms with E-state index in [1.807, 2.05) is 119 Å². The molecule has 0 amide bonds. The van der Waals surface area contributed by atoms with Gasteiger partial charge in [-0.05, 0) is 215 Å². The number of nitrogens with zero attached hydrogens (tertiary/aromatic N) is 2. The van der Waals surface area contributed by atoms with Crippen LogP contribution >= 0.6 is 22.6 Å². The molecule has 4 N–H and O–H groups in total. The fourth-order valence-electron chi connectivity index (χ4n) is 15.2. The van der Waals surface area contributed by atoms with Crippen molar-refractivity contribution < 1.29 is 42.7 Å². The van der Waals surface area contributed by atoms with Gasteiger partial charge in [0.25, 0.3) is 0 Å². The van der Waals surface area contributed by atoms with E-state index in [0.717, 1.165) is 113 Å². The molecule has 3 aliphatic carbocycles. The molecule has 9 aromatic rings. The first-order chi connectivity index (χ1) is 53.6. The van der Waals surface area contributed by atoms with Gasteiger partial charge in [-0.15, -0.1) is 0 Å².